The van der Waals surface area contributed by atoms with Crippen molar-refractivity contribution in [1.29, 1.82) is 5.26 Å². The number of nitrogens with zero attached hydrogens (tertiary/aromatic N) is 1. The summed E-state index contributed by atoms with van der Waals surface area (Å²) in [6.45, 7) is 4.43. The van der Waals surface area contributed by atoms with E-state index in [0.717, 1.165) is 0 Å². The second kappa shape index (κ2) is 13.0. The van der Waals surface area contributed by atoms with Gasteiger partial charge in [-0.15, -0.1) is 0 Å². The second-order valence-corrected chi connectivity index (χ2v) is 9.46. The zero-order valence-electron chi connectivity index (χ0n) is 23.6. The number of halogens is 1. The van der Waals surface area contributed by atoms with Gasteiger partial charge in [0.2, 0.25) is 5.88 Å². The summed E-state index contributed by atoms with van der Waals surface area (Å²) in [6, 6.07) is 25.5. The Morgan fingerprint density at radius 3 is 2.42 bits per heavy atom. The van der Waals surface area contributed by atoms with Crippen LogP contribution in [0.2, 0.25) is 0 Å². The lowest BCUT2D eigenvalue weighted by Gasteiger charge is -2.27. The van der Waals surface area contributed by atoms with Crippen molar-refractivity contribution < 1.29 is 32.9 Å². The van der Waals surface area contributed by atoms with E-state index in [1.54, 1.807) is 78.9 Å². The molecule has 1 atom stereocenters. The van der Waals surface area contributed by atoms with Crippen LogP contribution in [0.25, 0.3) is 0 Å². The average molecular weight is 581 g/mol. The number of carbonyl (C=O) groups is 1. The minimum Gasteiger partial charge on any atom is -0.493 e. The van der Waals surface area contributed by atoms with Crippen LogP contribution < -0.4 is 29.4 Å². The molecule has 8 nitrogen and oxygen atoms in total. The monoisotopic (exact) mass is 580 g/mol. The van der Waals surface area contributed by atoms with Gasteiger partial charge < -0.3 is 29.4 Å². The molecule has 1 aliphatic rings. The number of nitrogens with two attached hydrogens (primary N) is 1. The van der Waals surface area contributed by atoms with Crippen molar-refractivity contribution in [3.8, 4) is 34.8 Å². The van der Waals surface area contributed by atoms with Gasteiger partial charge in [-0.25, -0.2) is 9.18 Å². The fraction of sp³-hybridized carbons (Fsp3) is 0.176. The quantitative estimate of drug-likeness (QED) is 0.164. The standard InChI is InChI=1S/C34H29FN2O6/c1-3-39-28-12-8-6-10-25(28)34(38)42-23-14-15-24-30(18-23)43-33(37)26(19-36)32(24)21-13-16-29(31(17-21)40-4-2)41-20-22-9-5-7-11-27(22)35/h5-18,32H,3-4,20,37H2,1-2H3. The van der Waals surface area contributed by atoms with Crippen LogP contribution in [0.5, 0.6) is 28.7 Å². The van der Waals surface area contributed by atoms with Crippen molar-refractivity contribution in [2.45, 2.75) is 26.4 Å². The van der Waals surface area contributed by atoms with E-state index in [-0.39, 0.29) is 35.2 Å². The van der Waals surface area contributed by atoms with Gasteiger partial charge in [-0.05, 0) is 55.8 Å². The van der Waals surface area contributed by atoms with E-state index < -0.39 is 11.9 Å². The van der Waals surface area contributed by atoms with Gasteiger partial charge in [0.15, 0.2) is 11.5 Å². The zero-order valence-corrected chi connectivity index (χ0v) is 23.6. The molecule has 0 bridgehead atoms. The summed E-state index contributed by atoms with van der Waals surface area (Å²) in [5.41, 5.74) is 8.44. The average Bonchev–Trinajstić information content (AvgIpc) is 3.01. The van der Waals surface area contributed by atoms with E-state index in [2.05, 4.69) is 6.07 Å². The van der Waals surface area contributed by atoms with E-state index in [0.29, 0.717) is 52.9 Å². The molecule has 0 saturated carbocycles. The Kier molecular flexibility index (Phi) is 8.77. The Balaban J connectivity index is 1.45. The van der Waals surface area contributed by atoms with Crippen molar-refractivity contribution in [2.75, 3.05) is 13.2 Å². The molecule has 0 fully saturated rings. The minimum absolute atomic E-state index is 0.0129. The third-order valence-corrected chi connectivity index (χ3v) is 6.75. The number of ether oxygens (including phenoxy) is 5. The van der Waals surface area contributed by atoms with Crippen LogP contribution in [0.4, 0.5) is 4.39 Å². The summed E-state index contributed by atoms with van der Waals surface area (Å²) in [5.74, 6) is 0.215. The van der Waals surface area contributed by atoms with Crippen LogP contribution in [0, 0.1) is 17.1 Å². The van der Waals surface area contributed by atoms with Gasteiger partial charge in [0.05, 0.1) is 19.1 Å². The molecule has 9 heteroatoms. The van der Waals surface area contributed by atoms with Crippen molar-refractivity contribution in [2.24, 2.45) is 5.73 Å². The molecule has 1 heterocycles. The fourth-order valence-electron chi connectivity index (χ4n) is 4.78. The molecule has 5 rings (SSSR count). The molecule has 2 N–H and O–H groups in total. The first kappa shape index (κ1) is 29.0. The lowest BCUT2D eigenvalue weighted by Crippen LogP contribution is -2.21. The summed E-state index contributed by atoms with van der Waals surface area (Å²) < 4.78 is 42.9. The van der Waals surface area contributed by atoms with E-state index in [9.17, 15) is 14.4 Å². The van der Waals surface area contributed by atoms with Crippen LogP contribution in [0.1, 0.15) is 46.8 Å². The van der Waals surface area contributed by atoms with Crippen LogP contribution >= 0.6 is 0 Å². The third-order valence-electron chi connectivity index (χ3n) is 6.75. The van der Waals surface area contributed by atoms with Gasteiger partial charge in [0.1, 0.15) is 46.9 Å². The Morgan fingerprint density at radius 2 is 1.65 bits per heavy atom. The summed E-state index contributed by atoms with van der Waals surface area (Å²) >= 11 is 0. The molecule has 0 radical (unpaired) electrons. The maximum Gasteiger partial charge on any atom is 0.347 e. The van der Waals surface area contributed by atoms with Crippen LogP contribution in [-0.2, 0) is 6.61 Å². The summed E-state index contributed by atoms with van der Waals surface area (Å²) in [5, 5.41) is 10.0. The maximum atomic E-state index is 14.1. The molecular weight excluding hydrogens is 551 g/mol. The molecule has 4 aromatic carbocycles. The first-order valence-corrected chi connectivity index (χ1v) is 13.7. The highest BCUT2D eigenvalue weighted by atomic mass is 19.1. The highest BCUT2D eigenvalue weighted by Gasteiger charge is 2.32. The number of hydrogen-bond acceptors (Lipinski definition) is 8. The molecular formula is C34H29FN2O6. The number of nitriles is 1. The predicted octanol–water partition coefficient (Wildman–Crippen LogP) is 6.64. The molecule has 0 saturated heterocycles. The largest absolute Gasteiger partial charge is 0.493 e. The van der Waals surface area contributed by atoms with E-state index >= 15 is 0 Å². The number of rotatable bonds is 10. The van der Waals surface area contributed by atoms with Gasteiger partial charge in [-0.1, -0.05) is 42.5 Å². The number of fused-ring (bicyclic) bond motifs is 1. The third kappa shape index (κ3) is 6.23. The number of allylic oxidation sites excluding steroid dienone is 1. The molecule has 0 spiro atoms. The minimum atomic E-state index is -0.600. The SMILES string of the molecule is CCOc1cc(C2C(C#N)=C(N)Oc3cc(OC(=O)c4ccccc4OCC)ccc32)ccc1OCc1ccccc1F. The number of hydrogen-bond donors (Lipinski definition) is 1. The Morgan fingerprint density at radius 1 is 0.907 bits per heavy atom. The summed E-state index contributed by atoms with van der Waals surface area (Å²) in [4.78, 5) is 13.0. The Labute approximate surface area is 248 Å². The molecule has 4 aromatic rings. The summed E-state index contributed by atoms with van der Waals surface area (Å²) in [7, 11) is 0. The molecule has 1 aliphatic heterocycles. The van der Waals surface area contributed by atoms with Crippen LogP contribution in [-0.4, -0.2) is 19.2 Å². The Hall–Kier alpha value is -5.49. The van der Waals surface area contributed by atoms with Crippen molar-refractivity contribution >= 4 is 5.97 Å². The molecule has 0 aliphatic carbocycles. The number of carbonyl (C=O) groups excluding carboxylic acids is 1. The number of para-hydroxylation sites is 1. The number of esters is 1. The van der Waals surface area contributed by atoms with Gasteiger partial charge in [0.25, 0.3) is 0 Å². The number of benzene rings is 4. The van der Waals surface area contributed by atoms with Gasteiger partial charge >= 0.3 is 5.97 Å². The maximum absolute atomic E-state index is 14.1. The van der Waals surface area contributed by atoms with Gasteiger partial charge in [-0.3, -0.25) is 0 Å². The second-order valence-electron chi connectivity index (χ2n) is 9.46. The molecule has 0 aromatic heterocycles. The topological polar surface area (TPSA) is 113 Å². The van der Waals surface area contributed by atoms with E-state index in [1.165, 1.54) is 6.07 Å². The normalized spacial score (nSPS) is 13.8. The van der Waals surface area contributed by atoms with Crippen LogP contribution in [0.15, 0.2) is 96.4 Å². The molecule has 0 amide bonds. The smallest absolute Gasteiger partial charge is 0.347 e. The zero-order chi connectivity index (χ0) is 30.3. The van der Waals surface area contributed by atoms with E-state index in [1.807, 2.05) is 13.8 Å². The lowest BCUT2D eigenvalue weighted by atomic mass is 9.83. The van der Waals surface area contributed by atoms with E-state index in [4.69, 9.17) is 29.4 Å². The highest BCUT2D eigenvalue weighted by Crippen LogP contribution is 2.45. The van der Waals surface area contributed by atoms with Crippen molar-refractivity contribution in [1.82, 2.24) is 0 Å². The van der Waals surface area contributed by atoms with Gasteiger partial charge in [0, 0.05) is 17.2 Å². The first-order valence-electron chi connectivity index (χ1n) is 13.7. The lowest BCUT2D eigenvalue weighted by molar-refractivity contribution is 0.0730. The molecule has 43 heavy (non-hydrogen) atoms. The summed E-state index contributed by atoms with van der Waals surface area (Å²) in [6.07, 6.45) is 0. The van der Waals surface area contributed by atoms with Crippen LogP contribution in [0.3, 0.4) is 0 Å². The first-order chi connectivity index (χ1) is 20.9. The molecule has 218 valence electrons. The molecule has 1 unspecified atom stereocenters. The highest BCUT2D eigenvalue weighted by molar-refractivity contribution is 5.94. The van der Waals surface area contributed by atoms with Crippen molar-refractivity contribution in [3.63, 3.8) is 0 Å². The Bertz CT molecular complexity index is 1730. The van der Waals surface area contributed by atoms with Gasteiger partial charge in [-0.2, -0.15) is 5.26 Å². The fourth-order valence-corrected chi connectivity index (χ4v) is 4.78. The van der Waals surface area contributed by atoms with Crippen molar-refractivity contribution in [3.05, 3.63) is 124 Å². The predicted molar refractivity (Wildman–Crippen MR) is 157 cm³/mol.